The topological polar surface area (TPSA) is 28.2 Å². The number of halogens is 1. The Hall–Kier alpha value is -0.970. The van der Waals surface area contributed by atoms with Gasteiger partial charge in [-0.25, -0.2) is 0 Å². The molecule has 0 atom stereocenters. The van der Waals surface area contributed by atoms with Gasteiger partial charge in [0.2, 0.25) is 0 Å². The van der Waals surface area contributed by atoms with Gasteiger partial charge in [0.15, 0.2) is 0 Å². The molecule has 112 valence electrons. The van der Waals surface area contributed by atoms with Crippen molar-refractivity contribution >= 4 is 26.8 Å². The van der Waals surface area contributed by atoms with Gasteiger partial charge < -0.3 is 10.2 Å². The third kappa shape index (κ3) is 3.62. The fraction of sp³-hybridized carbons (Fsp3) is 0.471. The van der Waals surface area contributed by atoms with E-state index in [0.717, 1.165) is 29.0 Å². The molecule has 3 nitrogen and oxygen atoms in total. The molecular formula is C17H22BrN3. The second-order valence-electron chi connectivity index (χ2n) is 5.98. The standard InChI is InChI=1S/C17H22BrN3/c1-21-9-6-13(7-10-21)11-19-12-14-4-5-16(18)15-3-2-8-20-17(14)15/h2-5,8,13,19H,6-7,9-12H2,1H3. The molecule has 21 heavy (non-hydrogen) atoms. The van der Waals surface area contributed by atoms with Crippen LogP contribution in [0.1, 0.15) is 18.4 Å². The maximum atomic E-state index is 4.54. The number of aromatic nitrogens is 1. The van der Waals surface area contributed by atoms with E-state index >= 15 is 0 Å². The van der Waals surface area contributed by atoms with E-state index < -0.39 is 0 Å². The van der Waals surface area contributed by atoms with Gasteiger partial charge in [-0.1, -0.05) is 28.1 Å². The monoisotopic (exact) mass is 347 g/mol. The van der Waals surface area contributed by atoms with Crippen molar-refractivity contribution in [1.82, 2.24) is 15.2 Å². The smallest absolute Gasteiger partial charge is 0.0758 e. The van der Waals surface area contributed by atoms with Crippen LogP contribution in [0.4, 0.5) is 0 Å². The largest absolute Gasteiger partial charge is 0.312 e. The van der Waals surface area contributed by atoms with Crippen molar-refractivity contribution in [2.24, 2.45) is 5.92 Å². The molecule has 2 aromatic rings. The van der Waals surface area contributed by atoms with E-state index in [-0.39, 0.29) is 0 Å². The molecule has 1 N–H and O–H groups in total. The van der Waals surface area contributed by atoms with E-state index in [1.807, 2.05) is 12.3 Å². The van der Waals surface area contributed by atoms with Gasteiger partial charge in [0.1, 0.15) is 0 Å². The molecular weight excluding hydrogens is 326 g/mol. The van der Waals surface area contributed by atoms with E-state index in [1.54, 1.807) is 0 Å². The number of pyridine rings is 1. The summed E-state index contributed by atoms with van der Waals surface area (Å²) in [4.78, 5) is 6.96. The van der Waals surface area contributed by atoms with Crippen LogP contribution in [0.15, 0.2) is 34.9 Å². The van der Waals surface area contributed by atoms with E-state index in [0.29, 0.717) is 0 Å². The number of hydrogen-bond donors (Lipinski definition) is 1. The van der Waals surface area contributed by atoms with Gasteiger partial charge in [0.05, 0.1) is 5.52 Å². The molecule has 1 aliphatic rings. The Bertz CT molecular complexity index is 606. The third-order valence-corrected chi connectivity index (χ3v) is 5.08. The van der Waals surface area contributed by atoms with Gasteiger partial charge in [-0.2, -0.15) is 0 Å². The SMILES string of the molecule is CN1CCC(CNCc2ccc(Br)c3cccnc23)CC1. The van der Waals surface area contributed by atoms with Crippen LogP contribution in [0.3, 0.4) is 0 Å². The Morgan fingerprint density at radius 3 is 2.90 bits per heavy atom. The molecule has 0 radical (unpaired) electrons. The fourth-order valence-corrected chi connectivity index (χ4v) is 3.47. The van der Waals surface area contributed by atoms with Crippen molar-refractivity contribution in [2.75, 3.05) is 26.7 Å². The lowest BCUT2D eigenvalue weighted by atomic mass is 9.97. The average Bonchev–Trinajstić information content (AvgIpc) is 2.52. The summed E-state index contributed by atoms with van der Waals surface area (Å²) in [6, 6.07) is 8.40. The van der Waals surface area contributed by atoms with Crippen LogP contribution in [0.5, 0.6) is 0 Å². The first-order valence-corrected chi connectivity index (χ1v) is 8.44. The number of nitrogens with zero attached hydrogens (tertiary/aromatic N) is 2. The zero-order valence-corrected chi connectivity index (χ0v) is 14.1. The zero-order valence-electron chi connectivity index (χ0n) is 12.5. The van der Waals surface area contributed by atoms with Crippen LogP contribution in [0.2, 0.25) is 0 Å². The molecule has 2 heterocycles. The zero-order chi connectivity index (χ0) is 14.7. The number of piperidine rings is 1. The van der Waals surface area contributed by atoms with Crippen LogP contribution >= 0.6 is 15.9 Å². The first kappa shape index (κ1) is 14.9. The molecule has 4 heteroatoms. The Balaban J connectivity index is 1.62. The minimum atomic E-state index is 0.816. The van der Waals surface area contributed by atoms with Crippen molar-refractivity contribution in [1.29, 1.82) is 0 Å². The summed E-state index contributed by atoms with van der Waals surface area (Å²) >= 11 is 3.60. The summed E-state index contributed by atoms with van der Waals surface area (Å²) in [5.41, 5.74) is 2.38. The number of fused-ring (bicyclic) bond motifs is 1. The van der Waals surface area contributed by atoms with Crippen LogP contribution in [-0.4, -0.2) is 36.6 Å². The Morgan fingerprint density at radius 1 is 1.29 bits per heavy atom. The lowest BCUT2D eigenvalue weighted by molar-refractivity contribution is 0.216. The highest BCUT2D eigenvalue weighted by molar-refractivity contribution is 9.10. The summed E-state index contributed by atoms with van der Waals surface area (Å²) in [5.74, 6) is 0.816. The average molecular weight is 348 g/mol. The Kier molecular flexibility index (Phi) is 4.88. The van der Waals surface area contributed by atoms with Gasteiger partial charge in [-0.05, 0) is 63.1 Å². The van der Waals surface area contributed by atoms with Gasteiger partial charge in [0, 0.05) is 22.6 Å². The van der Waals surface area contributed by atoms with Gasteiger partial charge in [0.25, 0.3) is 0 Å². The van der Waals surface area contributed by atoms with Gasteiger partial charge in [-0.3, -0.25) is 4.98 Å². The van der Waals surface area contributed by atoms with Crippen molar-refractivity contribution in [3.8, 4) is 0 Å². The normalized spacial score (nSPS) is 17.4. The predicted molar refractivity (Wildman–Crippen MR) is 91.4 cm³/mol. The minimum absolute atomic E-state index is 0.816. The summed E-state index contributed by atoms with van der Waals surface area (Å²) in [6.07, 6.45) is 4.49. The summed E-state index contributed by atoms with van der Waals surface area (Å²) in [5, 5.41) is 4.81. The highest BCUT2D eigenvalue weighted by atomic mass is 79.9. The lowest BCUT2D eigenvalue weighted by Gasteiger charge is -2.29. The van der Waals surface area contributed by atoms with E-state index in [4.69, 9.17) is 0 Å². The minimum Gasteiger partial charge on any atom is -0.312 e. The second-order valence-corrected chi connectivity index (χ2v) is 6.84. The summed E-state index contributed by atoms with van der Waals surface area (Å²) in [7, 11) is 2.21. The van der Waals surface area contributed by atoms with E-state index in [2.05, 4.69) is 56.4 Å². The number of rotatable bonds is 4. The molecule has 0 amide bonds. The molecule has 0 spiro atoms. The second kappa shape index (κ2) is 6.86. The van der Waals surface area contributed by atoms with Crippen LogP contribution in [0.25, 0.3) is 10.9 Å². The quantitative estimate of drug-likeness (QED) is 0.918. The first-order valence-electron chi connectivity index (χ1n) is 7.65. The van der Waals surface area contributed by atoms with Crippen molar-refractivity contribution in [3.63, 3.8) is 0 Å². The molecule has 0 aliphatic carbocycles. The van der Waals surface area contributed by atoms with E-state index in [1.165, 1.54) is 36.9 Å². The molecule has 3 rings (SSSR count). The number of hydrogen-bond acceptors (Lipinski definition) is 3. The van der Waals surface area contributed by atoms with Crippen molar-refractivity contribution < 1.29 is 0 Å². The molecule has 0 saturated carbocycles. The van der Waals surface area contributed by atoms with Crippen LogP contribution in [-0.2, 0) is 6.54 Å². The third-order valence-electron chi connectivity index (χ3n) is 4.39. The van der Waals surface area contributed by atoms with Crippen LogP contribution in [0, 0.1) is 5.92 Å². The highest BCUT2D eigenvalue weighted by Crippen LogP contribution is 2.25. The Morgan fingerprint density at radius 2 is 2.10 bits per heavy atom. The molecule has 1 fully saturated rings. The van der Waals surface area contributed by atoms with E-state index in [9.17, 15) is 0 Å². The van der Waals surface area contributed by atoms with Crippen LogP contribution < -0.4 is 5.32 Å². The molecule has 0 unspecified atom stereocenters. The molecule has 1 aromatic carbocycles. The number of nitrogens with one attached hydrogen (secondary N) is 1. The molecule has 1 aliphatic heterocycles. The van der Waals surface area contributed by atoms with Gasteiger partial charge in [-0.15, -0.1) is 0 Å². The maximum Gasteiger partial charge on any atom is 0.0758 e. The van der Waals surface area contributed by atoms with Crippen molar-refractivity contribution in [2.45, 2.75) is 19.4 Å². The van der Waals surface area contributed by atoms with Crippen molar-refractivity contribution in [3.05, 3.63) is 40.5 Å². The Labute approximate surface area is 134 Å². The first-order chi connectivity index (χ1) is 10.2. The number of benzene rings is 1. The molecule has 0 bridgehead atoms. The van der Waals surface area contributed by atoms with Gasteiger partial charge >= 0.3 is 0 Å². The highest BCUT2D eigenvalue weighted by Gasteiger charge is 2.16. The molecule has 1 saturated heterocycles. The molecule has 1 aromatic heterocycles. The lowest BCUT2D eigenvalue weighted by Crippen LogP contribution is -2.34. The number of likely N-dealkylation sites (tertiary alicyclic amines) is 1. The summed E-state index contributed by atoms with van der Waals surface area (Å²) < 4.78 is 1.12. The fourth-order valence-electron chi connectivity index (χ4n) is 3.02. The predicted octanol–water partition coefficient (Wildman–Crippen LogP) is 3.43. The maximum absolute atomic E-state index is 4.54. The summed E-state index contributed by atoms with van der Waals surface area (Å²) in [6.45, 7) is 4.47.